The first-order valence-electron chi connectivity index (χ1n) is 16.3. The van der Waals surface area contributed by atoms with Crippen molar-refractivity contribution in [3.05, 3.63) is 157 Å². The summed E-state index contributed by atoms with van der Waals surface area (Å²) in [5.41, 5.74) is 6.45. The molecule has 2 heterocycles. The van der Waals surface area contributed by atoms with E-state index in [0.29, 0.717) is 78.5 Å². The lowest BCUT2D eigenvalue weighted by Gasteiger charge is -2.14. The van der Waals surface area contributed by atoms with Gasteiger partial charge in [0.15, 0.2) is 17.3 Å². The fourth-order valence-electron chi connectivity index (χ4n) is 6.28. The van der Waals surface area contributed by atoms with Gasteiger partial charge < -0.3 is 29.5 Å². The number of rotatable bonds is 8. The Labute approximate surface area is 296 Å². The van der Waals surface area contributed by atoms with Gasteiger partial charge in [0.25, 0.3) is 0 Å². The molecular formula is C43H28N2O7. The molecular weight excluding hydrogens is 656 g/mol. The Morgan fingerprint density at radius 1 is 0.404 bits per heavy atom. The summed E-state index contributed by atoms with van der Waals surface area (Å²) in [7, 11) is 0. The van der Waals surface area contributed by atoms with Crippen molar-refractivity contribution < 1.29 is 34.3 Å². The summed E-state index contributed by atoms with van der Waals surface area (Å²) in [6.07, 6.45) is 0. The number of carbonyl (C=O) groups excluding carboxylic acids is 1. The summed E-state index contributed by atoms with van der Waals surface area (Å²) in [6.45, 7) is 0. The van der Waals surface area contributed by atoms with Gasteiger partial charge in [0.05, 0.1) is 11.1 Å². The third kappa shape index (κ3) is 5.82. The first-order valence-corrected chi connectivity index (χ1v) is 16.3. The number of aromatic nitrogens is 2. The van der Waals surface area contributed by atoms with Crippen LogP contribution in [0.3, 0.4) is 0 Å². The Hall–Kier alpha value is -7.39. The molecule has 0 radical (unpaired) electrons. The van der Waals surface area contributed by atoms with Gasteiger partial charge in [0.1, 0.15) is 34.4 Å². The summed E-state index contributed by atoms with van der Waals surface area (Å²) >= 11 is 0. The Morgan fingerprint density at radius 3 is 1.06 bits per heavy atom. The number of ketones is 1. The van der Waals surface area contributed by atoms with Gasteiger partial charge in [0, 0.05) is 33.4 Å². The summed E-state index contributed by atoms with van der Waals surface area (Å²) in [5.74, 6) is 0.833. The number of hydrogen-bond donors (Lipinski definition) is 4. The maximum atomic E-state index is 15.0. The van der Waals surface area contributed by atoms with E-state index in [0.717, 1.165) is 0 Å². The summed E-state index contributed by atoms with van der Waals surface area (Å²) in [5, 5.41) is 48.9. The van der Waals surface area contributed by atoms with Crippen LogP contribution in [0.2, 0.25) is 0 Å². The molecule has 6 aromatic carbocycles. The minimum absolute atomic E-state index is 0.0860. The molecule has 9 heteroatoms. The molecule has 9 nitrogen and oxygen atoms in total. The molecule has 2 aromatic heterocycles. The zero-order valence-electron chi connectivity index (χ0n) is 27.3. The Kier molecular flexibility index (Phi) is 8.05. The number of aromatic hydroxyl groups is 4. The van der Waals surface area contributed by atoms with Crippen molar-refractivity contribution in [2.45, 2.75) is 0 Å². The lowest BCUT2D eigenvalue weighted by atomic mass is 9.86. The lowest BCUT2D eigenvalue weighted by Crippen LogP contribution is -2.06. The van der Waals surface area contributed by atoms with E-state index in [4.69, 9.17) is 9.05 Å². The van der Waals surface area contributed by atoms with Gasteiger partial charge in [-0.05, 0) is 108 Å². The molecule has 52 heavy (non-hydrogen) atoms. The molecule has 0 fully saturated rings. The monoisotopic (exact) mass is 684 g/mol. The van der Waals surface area contributed by atoms with Crippen molar-refractivity contribution in [3.8, 4) is 90.4 Å². The molecule has 0 bridgehead atoms. The highest BCUT2D eigenvalue weighted by molar-refractivity contribution is 6.18. The molecule has 8 rings (SSSR count). The summed E-state index contributed by atoms with van der Waals surface area (Å²) in [4.78, 5) is 15.0. The van der Waals surface area contributed by atoms with E-state index in [9.17, 15) is 20.4 Å². The van der Waals surface area contributed by atoms with Gasteiger partial charge in [-0.1, -0.05) is 58.8 Å². The van der Waals surface area contributed by atoms with E-state index in [1.54, 1.807) is 121 Å². The van der Waals surface area contributed by atoms with Gasteiger partial charge in [-0.25, -0.2) is 0 Å². The SMILES string of the molecule is O=C(c1ccccc1-c1c(-c2ccc(O)cc2)noc1-c1ccc(O)cc1)c1ccccc1-c1c(-c2ccc(O)cc2)noc1-c1ccc(O)cc1. The zero-order chi connectivity index (χ0) is 35.8. The maximum absolute atomic E-state index is 15.0. The number of hydrogen-bond acceptors (Lipinski definition) is 9. The van der Waals surface area contributed by atoms with Gasteiger partial charge in [-0.15, -0.1) is 0 Å². The van der Waals surface area contributed by atoms with Crippen molar-refractivity contribution in [1.82, 2.24) is 10.3 Å². The highest BCUT2D eigenvalue weighted by Crippen LogP contribution is 2.45. The van der Waals surface area contributed by atoms with Crippen molar-refractivity contribution in [2.24, 2.45) is 0 Å². The first kappa shape index (κ1) is 31.9. The smallest absolute Gasteiger partial charge is 0.194 e. The minimum Gasteiger partial charge on any atom is -0.508 e. The number of phenols is 4. The molecule has 0 unspecified atom stereocenters. The van der Waals surface area contributed by atoms with Crippen LogP contribution in [0.1, 0.15) is 15.9 Å². The first-order chi connectivity index (χ1) is 25.4. The third-order valence-electron chi connectivity index (χ3n) is 8.81. The van der Waals surface area contributed by atoms with Crippen LogP contribution in [0.15, 0.2) is 155 Å². The quantitative estimate of drug-likeness (QED) is 0.115. The van der Waals surface area contributed by atoms with Crippen LogP contribution >= 0.6 is 0 Å². The Balaban J connectivity index is 1.33. The average molecular weight is 685 g/mol. The van der Waals surface area contributed by atoms with E-state index in [2.05, 4.69) is 10.3 Å². The standard InChI is InChI=1S/C43H28N2O7/c46-29-17-9-25(10-18-29)39-37(42(51-44-39)27-13-21-31(48)22-14-27)33-5-1-3-7-35(33)41(50)36-8-4-2-6-34(36)38-40(26-11-19-30(47)20-12-26)45-52-43(38)28-15-23-32(49)24-16-28/h1-24,46-49H. The van der Waals surface area contributed by atoms with Crippen molar-refractivity contribution in [1.29, 1.82) is 0 Å². The second kappa shape index (κ2) is 13.1. The molecule has 0 aliphatic heterocycles. The average Bonchev–Trinajstić information content (AvgIpc) is 3.82. The molecule has 0 spiro atoms. The zero-order valence-corrected chi connectivity index (χ0v) is 27.3. The van der Waals surface area contributed by atoms with Gasteiger partial charge >= 0.3 is 0 Å². The van der Waals surface area contributed by atoms with Gasteiger partial charge in [0.2, 0.25) is 0 Å². The summed E-state index contributed by atoms with van der Waals surface area (Å²) < 4.78 is 11.9. The third-order valence-corrected chi connectivity index (χ3v) is 8.81. The van der Waals surface area contributed by atoms with E-state index >= 15 is 4.79 Å². The van der Waals surface area contributed by atoms with Crippen LogP contribution in [0, 0.1) is 0 Å². The highest BCUT2D eigenvalue weighted by atomic mass is 16.5. The minimum atomic E-state index is -0.296. The van der Waals surface area contributed by atoms with Crippen LogP contribution in [-0.2, 0) is 0 Å². The van der Waals surface area contributed by atoms with Gasteiger partial charge in [-0.2, -0.15) is 0 Å². The van der Waals surface area contributed by atoms with Crippen LogP contribution in [-0.4, -0.2) is 36.5 Å². The van der Waals surface area contributed by atoms with Crippen LogP contribution in [0.4, 0.5) is 0 Å². The van der Waals surface area contributed by atoms with E-state index in [-0.39, 0.29) is 28.8 Å². The predicted molar refractivity (Wildman–Crippen MR) is 196 cm³/mol. The number of phenolic OH excluding ortho intramolecular Hbond substituents is 4. The van der Waals surface area contributed by atoms with Crippen LogP contribution < -0.4 is 0 Å². The van der Waals surface area contributed by atoms with E-state index < -0.39 is 0 Å². The molecule has 0 saturated heterocycles. The molecule has 252 valence electrons. The van der Waals surface area contributed by atoms with Crippen LogP contribution in [0.25, 0.3) is 67.4 Å². The molecule has 0 aliphatic carbocycles. The lowest BCUT2D eigenvalue weighted by molar-refractivity contribution is 0.104. The largest absolute Gasteiger partial charge is 0.508 e. The number of nitrogens with zero attached hydrogens (tertiary/aromatic N) is 2. The Bertz CT molecular complexity index is 2250. The second-order valence-corrected chi connectivity index (χ2v) is 12.1. The second-order valence-electron chi connectivity index (χ2n) is 12.1. The molecule has 0 amide bonds. The fraction of sp³-hybridized carbons (Fsp3) is 0. The van der Waals surface area contributed by atoms with Crippen LogP contribution in [0.5, 0.6) is 23.0 Å². The number of carbonyl (C=O) groups is 1. The molecule has 4 N–H and O–H groups in total. The summed E-state index contributed by atoms with van der Waals surface area (Å²) in [6, 6.07) is 40.5. The van der Waals surface area contributed by atoms with Gasteiger partial charge in [-0.3, -0.25) is 4.79 Å². The topological polar surface area (TPSA) is 150 Å². The fourth-order valence-corrected chi connectivity index (χ4v) is 6.28. The maximum Gasteiger partial charge on any atom is 0.194 e. The molecule has 8 aromatic rings. The highest BCUT2D eigenvalue weighted by Gasteiger charge is 2.29. The Morgan fingerprint density at radius 2 is 0.712 bits per heavy atom. The molecule has 0 saturated carbocycles. The van der Waals surface area contributed by atoms with E-state index in [1.165, 1.54) is 0 Å². The van der Waals surface area contributed by atoms with E-state index in [1.807, 2.05) is 24.3 Å². The van der Waals surface area contributed by atoms with Crippen molar-refractivity contribution >= 4 is 5.78 Å². The molecule has 0 aliphatic rings. The predicted octanol–water partition coefficient (Wildman–Crippen LogP) is 9.72. The normalized spacial score (nSPS) is 11.1. The van der Waals surface area contributed by atoms with Crippen molar-refractivity contribution in [3.63, 3.8) is 0 Å². The number of benzene rings is 6. The van der Waals surface area contributed by atoms with Crippen molar-refractivity contribution in [2.75, 3.05) is 0 Å². The molecule has 0 atom stereocenters.